The van der Waals surface area contributed by atoms with Crippen molar-refractivity contribution < 1.29 is 9.47 Å². The third kappa shape index (κ3) is 8.83. The zero-order chi connectivity index (χ0) is 18.6. The van der Waals surface area contributed by atoms with Crippen molar-refractivity contribution in [1.82, 2.24) is 15.1 Å². The predicted molar refractivity (Wildman–Crippen MR) is 123 cm³/mol. The summed E-state index contributed by atoms with van der Waals surface area (Å²) in [6, 6.07) is 0.664. The average Bonchev–Trinajstić information content (AvgIpc) is 3.15. The van der Waals surface area contributed by atoms with Crippen LogP contribution in [0.25, 0.3) is 0 Å². The Morgan fingerprint density at radius 3 is 2.59 bits per heavy atom. The number of likely N-dealkylation sites (tertiary alicyclic amines) is 1. The second-order valence-corrected chi connectivity index (χ2v) is 7.33. The zero-order valence-electron chi connectivity index (χ0n) is 17.6. The molecule has 2 rings (SSSR count). The zero-order valence-corrected chi connectivity index (χ0v) is 20.0. The van der Waals surface area contributed by atoms with Crippen molar-refractivity contribution in [3.05, 3.63) is 0 Å². The van der Waals surface area contributed by atoms with Crippen LogP contribution < -0.4 is 5.32 Å². The highest BCUT2D eigenvalue weighted by molar-refractivity contribution is 14.0. The van der Waals surface area contributed by atoms with E-state index in [1.807, 2.05) is 0 Å². The maximum atomic E-state index is 5.85. The molecule has 0 aromatic rings. The van der Waals surface area contributed by atoms with Crippen LogP contribution in [0.1, 0.15) is 46.5 Å². The van der Waals surface area contributed by atoms with E-state index >= 15 is 0 Å². The first-order valence-electron chi connectivity index (χ1n) is 10.7. The molecule has 2 aliphatic rings. The molecule has 2 heterocycles. The molecule has 0 aliphatic carbocycles. The summed E-state index contributed by atoms with van der Waals surface area (Å²) in [5, 5.41) is 3.47. The minimum atomic E-state index is 0. The minimum Gasteiger partial charge on any atom is -0.381 e. The Morgan fingerprint density at radius 2 is 1.93 bits per heavy atom. The van der Waals surface area contributed by atoms with Crippen molar-refractivity contribution in [2.24, 2.45) is 10.9 Å². The van der Waals surface area contributed by atoms with Gasteiger partial charge in [0.2, 0.25) is 0 Å². The molecule has 1 unspecified atom stereocenters. The quantitative estimate of drug-likeness (QED) is 0.218. The van der Waals surface area contributed by atoms with Crippen molar-refractivity contribution in [3.63, 3.8) is 0 Å². The highest BCUT2D eigenvalue weighted by Gasteiger charge is 2.27. The minimum absolute atomic E-state index is 0. The van der Waals surface area contributed by atoms with Gasteiger partial charge in [-0.05, 0) is 51.6 Å². The number of hydrogen-bond acceptors (Lipinski definition) is 4. The van der Waals surface area contributed by atoms with Gasteiger partial charge in [0.1, 0.15) is 0 Å². The molecule has 160 valence electrons. The fourth-order valence-corrected chi connectivity index (χ4v) is 3.91. The number of halogens is 1. The number of nitrogens with zero attached hydrogens (tertiary/aromatic N) is 3. The van der Waals surface area contributed by atoms with Crippen LogP contribution in [-0.4, -0.2) is 87.5 Å². The summed E-state index contributed by atoms with van der Waals surface area (Å²) < 4.78 is 11.2. The second kappa shape index (κ2) is 14.8. The Morgan fingerprint density at radius 1 is 1.19 bits per heavy atom. The van der Waals surface area contributed by atoms with Crippen molar-refractivity contribution in [1.29, 1.82) is 0 Å². The number of hydrogen-bond donors (Lipinski definition) is 1. The standard InChI is InChI=1S/C20H40N4O2.HI/c1-4-21-20(24-12-8-19(16-24)23(5-2)6-3)22-11-7-13-26-17-18-9-14-25-15-10-18;/h18-19H,4-17H2,1-3H3,(H,21,22);1H. The Hall–Kier alpha value is -0.120. The molecule has 7 heteroatoms. The molecule has 0 radical (unpaired) electrons. The lowest BCUT2D eigenvalue weighted by Gasteiger charge is -2.27. The van der Waals surface area contributed by atoms with Gasteiger partial charge in [0, 0.05) is 58.6 Å². The summed E-state index contributed by atoms with van der Waals surface area (Å²) in [7, 11) is 0. The van der Waals surface area contributed by atoms with Crippen LogP contribution in [0.3, 0.4) is 0 Å². The van der Waals surface area contributed by atoms with E-state index in [0.29, 0.717) is 12.0 Å². The van der Waals surface area contributed by atoms with Gasteiger partial charge in [-0.1, -0.05) is 13.8 Å². The molecule has 0 saturated carbocycles. The van der Waals surface area contributed by atoms with Gasteiger partial charge in [-0.2, -0.15) is 0 Å². The molecule has 1 atom stereocenters. The Kier molecular flexibility index (Phi) is 13.7. The van der Waals surface area contributed by atoms with E-state index in [2.05, 4.69) is 35.9 Å². The highest BCUT2D eigenvalue weighted by Crippen LogP contribution is 2.16. The van der Waals surface area contributed by atoms with E-state index in [1.54, 1.807) is 0 Å². The summed E-state index contributed by atoms with van der Waals surface area (Å²) in [4.78, 5) is 9.83. The van der Waals surface area contributed by atoms with Gasteiger partial charge >= 0.3 is 0 Å². The molecule has 27 heavy (non-hydrogen) atoms. The number of nitrogens with one attached hydrogen (secondary N) is 1. The maximum Gasteiger partial charge on any atom is 0.193 e. The first-order chi connectivity index (χ1) is 12.8. The van der Waals surface area contributed by atoms with Crippen molar-refractivity contribution in [2.45, 2.75) is 52.5 Å². The first-order valence-corrected chi connectivity index (χ1v) is 10.7. The van der Waals surface area contributed by atoms with Gasteiger partial charge in [0.15, 0.2) is 5.96 Å². The third-order valence-electron chi connectivity index (χ3n) is 5.53. The topological polar surface area (TPSA) is 49.3 Å². The molecule has 2 aliphatic heterocycles. The molecule has 0 amide bonds. The van der Waals surface area contributed by atoms with Crippen LogP contribution in [0, 0.1) is 5.92 Å². The van der Waals surface area contributed by atoms with Crippen LogP contribution in [-0.2, 0) is 9.47 Å². The van der Waals surface area contributed by atoms with Crippen molar-refractivity contribution in [2.75, 3.05) is 65.7 Å². The Labute approximate surface area is 183 Å². The summed E-state index contributed by atoms with van der Waals surface area (Å²) in [6.07, 6.45) is 4.52. The van der Waals surface area contributed by atoms with Crippen molar-refractivity contribution >= 4 is 29.9 Å². The molecule has 2 saturated heterocycles. The molecule has 0 spiro atoms. The summed E-state index contributed by atoms with van der Waals surface area (Å²) in [5.74, 6) is 1.76. The van der Waals surface area contributed by atoms with Gasteiger partial charge < -0.3 is 19.7 Å². The van der Waals surface area contributed by atoms with Crippen LogP contribution in [0.5, 0.6) is 0 Å². The summed E-state index contributed by atoms with van der Waals surface area (Å²) in [5.41, 5.74) is 0. The second-order valence-electron chi connectivity index (χ2n) is 7.33. The van der Waals surface area contributed by atoms with Crippen LogP contribution >= 0.6 is 24.0 Å². The molecular formula is C20H41IN4O2. The van der Waals surface area contributed by atoms with E-state index in [-0.39, 0.29) is 24.0 Å². The summed E-state index contributed by atoms with van der Waals surface area (Å²) >= 11 is 0. The SMILES string of the molecule is CCNC(=NCCCOCC1CCOCC1)N1CCC(N(CC)CC)C1.I. The third-order valence-corrected chi connectivity index (χ3v) is 5.53. The lowest BCUT2D eigenvalue weighted by atomic mass is 10.0. The van der Waals surface area contributed by atoms with E-state index in [9.17, 15) is 0 Å². The van der Waals surface area contributed by atoms with Gasteiger partial charge in [0.25, 0.3) is 0 Å². The lowest BCUT2D eigenvalue weighted by molar-refractivity contribution is 0.0205. The van der Waals surface area contributed by atoms with Gasteiger partial charge in [-0.25, -0.2) is 0 Å². The number of aliphatic imine (C=N–C) groups is 1. The molecule has 6 nitrogen and oxygen atoms in total. The predicted octanol–water partition coefficient (Wildman–Crippen LogP) is 2.82. The van der Waals surface area contributed by atoms with Crippen LogP contribution in [0.15, 0.2) is 4.99 Å². The Bertz CT molecular complexity index is 401. The molecule has 0 aromatic heterocycles. The number of ether oxygens (including phenoxy) is 2. The number of likely N-dealkylation sites (N-methyl/N-ethyl adjacent to an activating group) is 1. The number of rotatable bonds is 10. The van der Waals surface area contributed by atoms with Gasteiger partial charge in [-0.3, -0.25) is 9.89 Å². The van der Waals surface area contributed by atoms with E-state index in [0.717, 1.165) is 90.9 Å². The van der Waals surface area contributed by atoms with Gasteiger partial charge in [0.05, 0.1) is 0 Å². The van der Waals surface area contributed by atoms with E-state index in [1.165, 1.54) is 6.42 Å². The number of guanidine groups is 1. The first kappa shape index (κ1) is 24.9. The lowest BCUT2D eigenvalue weighted by Crippen LogP contribution is -2.43. The molecule has 0 aromatic carbocycles. The Balaban J connectivity index is 0.00000364. The highest BCUT2D eigenvalue weighted by atomic mass is 127. The molecule has 0 bridgehead atoms. The molecule has 2 fully saturated rings. The normalized spacial score (nSPS) is 21.6. The van der Waals surface area contributed by atoms with E-state index < -0.39 is 0 Å². The van der Waals surface area contributed by atoms with Crippen LogP contribution in [0.4, 0.5) is 0 Å². The van der Waals surface area contributed by atoms with Gasteiger partial charge in [-0.15, -0.1) is 24.0 Å². The maximum absolute atomic E-state index is 5.85. The molecule has 1 N–H and O–H groups in total. The fourth-order valence-electron chi connectivity index (χ4n) is 3.91. The molecular weight excluding hydrogens is 455 g/mol. The average molecular weight is 496 g/mol. The monoisotopic (exact) mass is 496 g/mol. The largest absolute Gasteiger partial charge is 0.381 e. The summed E-state index contributed by atoms with van der Waals surface area (Å²) in [6.45, 7) is 16.4. The van der Waals surface area contributed by atoms with E-state index in [4.69, 9.17) is 14.5 Å². The van der Waals surface area contributed by atoms with Crippen molar-refractivity contribution in [3.8, 4) is 0 Å². The fraction of sp³-hybridized carbons (Fsp3) is 0.950. The smallest absolute Gasteiger partial charge is 0.193 e. The van der Waals surface area contributed by atoms with Crippen LogP contribution in [0.2, 0.25) is 0 Å².